The van der Waals surface area contributed by atoms with Crippen molar-refractivity contribution in [3.63, 3.8) is 0 Å². The molecule has 2 aliphatic heterocycles. The third kappa shape index (κ3) is 8.85. The summed E-state index contributed by atoms with van der Waals surface area (Å²) in [7, 11) is -3.98. The third-order valence-corrected chi connectivity index (χ3v) is 11.0. The van der Waals surface area contributed by atoms with Crippen LogP contribution in [-0.4, -0.2) is 67.3 Å². The summed E-state index contributed by atoms with van der Waals surface area (Å²) in [6, 6.07) is 29.6. The van der Waals surface area contributed by atoms with Crippen LogP contribution in [0.4, 0.5) is 5.69 Å². The molecule has 0 radical (unpaired) electrons. The standard InChI is InChI=1S/C39H45N3O7S/c1-26-8-18-34(19-9-26)50(46,47)41-35(22-28-6-4-3-5-7-28)38(45)40-32-16-14-31(15-17-32)39-48-36(24-42-21-20-33(44)23-42)27(2)37(49-39)30-12-10-29(25-43)11-13-30/h3-19,27,33,35-37,39,41,43-44H,20-25H2,1-2H3,(H,40,45). The molecule has 50 heavy (non-hydrogen) atoms. The van der Waals surface area contributed by atoms with Crippen molar-refractivity contribution in [2.75, 3.05) is 25.0 Å². The Hall–Kier alpha value is -3.94. The van der Waals surface area contributed by atoms with E-state index in [1.54, 1.807) is 24.3 Å². The Morgan fingerprint density at radius 1 is 0.900 bits per heavy atom. The van der Waals surface area contributed by atoms with Crippen LogP contribution in [0, 0.1) is 12.8 Å². The molecule has 0 aromatic heterocycles. The molecular formula is C39H45N3O7S. The number of ether oxygens (including phenoxy) is 2. The van der Waals surface area contributed by atoms with Crippen LogP contribution < -0.4 is 10.0 Å². The number of aryl methyl sites for hydroxylation is 1. The molecule has 2 heterocycles. The van der Waals surface area contributed by atoms with E-state index < -0.39 is 28.3 Å². The smallest absolute Gasteiger partial charge is 0.242 e. The van der Waals surface area contributed by atoms with Crippen LogP contribution in [0.5, 0.6) is 0 Å². The number of β-amino-alcohol motifs (C(OH)–C–C–N with tert-alkyl or cyclic N) is 1. The van der Waals surface area contributed by atoms with Crippen LogP contribution in [0.15, 0.2) is 108 Å². The van der Waals surface area contributed by atoms with Gasteiger partial charge in [0, 0.05) is 36.8 Å². The van der Waals surface area contributed by atoms with Gasteiger partial charge in [-0.1, -0.05) is 91.3 Å². The van der Waals surface area contributed by atoms with E-state index in [0.717, 1.165) is 40.8 Å². The van der Waals surface area contributed by atoms with Gasteiger partial charge in [-0.15, -0.1) is 0 Å². The highest BCUT2D eigenvalue weighted by Gasteiger charge is 2.40. The maximum atomic E-state index is 13.7. The van der Waals surface area contributed by atoms with Crippen LogP contribution in [0.1, 0.15) is 53.6 Å². The van der Waals surface area contributed by atoms with Crippen molar-refractivity contribution in [3.8, 4) is 0 Å². The highest BCUT2D eigenvalue weighted by Crippen LogP contribution is 2.42. The van der Waals surface area contributed by atoms with E-state index in [2.05, 4.69) is 21.9 Å². The fourth-order valence-corrected chi connectivity index (χ4v) is 7.72. The fourth-order valence-electron chi connectivity index (χ4n) is 6.52. The first kappa shape index (κ1) is 35.9. The van der Waals surface area contributed by atoms with E-state index in [1.807, 2.05) is 73.7 Å². The Bertz CT molecular complexity index is 1820. The van der Waals surface area contributed by atoms with E-state index in [4.69, 9.17) is 9.47 Å². The summed E-state index contributed by atoms with van der Waals surface area (Å²) in [5.41, 5.74) is 4.80. The summed E-state index contributed by atoms with van der Waals surface area (Å²) in [5.74, 6) is -0.483. The minimum absolute atomic E-state index is 0.00719. The Balaban J connectivity index is 1.19. The molecule has 0 spiro atoms. The van der Waals surface area contributed by atoms with Crippen molar-refractivity contribution in [3.05, 3.63) is 131 Å². The Morgan fingerprint density at radius 3 is 2.22 bits per heavy atom. The number of amides is 1. The van der Waals surface area contributed by atoms with Crippen molar-refractivity contribution in [2.24, 2.45) is 5.92 Å². The van der Waals surface area contributed by atoms with Crippen molar-refractivity contribution >= 4 is 21.6 Å². The number of hydrogen-bond donors (Lipinski definition) is 4. The zero-order chi connectivity index (χ0) is 35.3. The predicted octanol–water partition coefficient (Wildman–Crippen LogP) is 4.87. The largest absolute Gasteiger partial charge is 0.392 e. The minimum atomic E-state index is -3.98. The van der Waals surface area contributed by atoms with Gasteiger partial charge in [-0.05, 0) is 60.7 Å². The predicted molar refractivity (Wildman–Crippen MR) is 191 cm³/mol. The first-order chi connectivity index (χ1) is 24.1. The number of carbonyl (C=O) groups is 1. The summed E-state index contributed by atoms with van der Waals surface area (Å²) >= 11 is 0. The molecule has 11 heteroatoms. The molecule has 6 unspecified atom stereocenters. The number of hydrogen-bond acceptors (Lipinski definition) is 8. The van der Waals surface area contributed by atoms with Gasteiger partial charge in [-0.3, -0.25) is 9.69 Å². The number of nitrogens with zero attached hydrogens (tertiary/aromatic N) is 1. The van der Waals surface area contributed by atoms with Crippen LogP contribution in [0.3, 0.4) is 0 Å². The lowest BCUT2D eigenvalue weighted by Gasteiger charge is -2.42. The van der Waals surface area contributed by atoms with E-state index >= 15 is 0 Å². The van der Waals surface area contributed by atoms with Crippen molar-refractivity contribution in [2.45, 2.75) is 68.8 Å². The van der Waals surface area contributed by atoms with Crippen molar-refractivity contribution in [1.29, 1.82) is 0 Å². The quantitative estimate of drug-likeness (QED) is 0.164. The molecule has 0 bridgehead atoms. The number of rotatable bonds is 12. The summed E-state index contributed by atoms with van der Waals surface area (Å²) in [5, 5.41) is 22.6. The lowest BCUT2D eigenvalue weighted by Crippen LogP contribution is -2.45. The molecule has 6 rings (SSSR count). The number of nitrogens with one attached hydrogen (secondary N) is 2. The number of carbonyl (C=O) groups excluding carboxylic acids is 1. The number of likely N-dealkylation sites (tertiary alicyclic amines) is 1. The van der Waals surface area contributed by atoms with E-state index in [-0.39, 0.29) is 42.2 Å². The maximum Gasteiger partial charge on any atom is 0.242 e. The molecule has 264 valence electrons. The fraction of sp³-hybridized carbons (Fsp3) is 0.359. The molecule has 1 amide bonds. The topological polar surface area (TPSA) is 137 Å². The lowest BCUT2D eigenvalue weighted by atomic mass is 9.90. The van der Waals surface area contributed by atoms with E-state index in [9.17, 15) is 23.4 Å². The van der Waals surface area contributed by atoms with Gasteiger partial charge >= 0.3 is 0 Å². The number of anilines is 1. The van der Waals surface area contributed by atoms with Crippen LogP contribution in [0.25, 0.3) is 0 Å². The first-order valence-corrected chi connectivity index (χ1v) is 18.5. The van der Waals surface area contributed by atoms with Crippen molar-refractivity contribution < 1.29 is 32.9 Å². The van der Waals surface area contributed by atoms with Gasteiger partial charge in [0.25, 0.3) is 0 Å². The molecule has 2 aliphatic rings. The number of aliphatic hydroxyl groups excluding tert-OH is 2. The van der Waals surface area contributed by atoms with Gasteiger partial charge in [0.15, 0.2) is 6.29 Å². The van der Waals surface area contributed by atoms with E-state index in [0.29, 0.717) is 18.8 Å². The highest BCUT2D eigenvalue weighted by atomic mass is 32.2. The van der Waals surface area contributed by atoms with Gasteiger partial charge in [-0.2, -0.15) is 4.72 Å². The summed E-state index contributed by atoms with van der Waals surface area (Å²) in [6.45, 7) is 6.00. The monoisotopic (exact) mass is 699 g/mol. The Labute approximate surface area is 294 Å². The molecular weight excluding hydrogens is 655 g/mol. The molecule has 0 aliphatic carbocycles. The second kappa shape index (κ2) is 15.9. The van der Waals surface area contributed by atoms with Gasteiger partial charge < -0.3 is 25.0 Å². The Kier molecular flexibility index (Phi) is 11.4. The average Bonchev–Trinajstić information content (AvgIpc) is 3.54. The molecule has 2 fully saturated rings. The highest BCUT2D eigenvalue weighted by molar-refractivity contribution is 7.89. The van der Waals surface area contributed by atoms with Gasteiger partial charge in [-0.25, -0.2) is 8.42 Å². The summed E-state index contributed by atoms with van der Waals surface area (Å²) in [4.78, 5) is 16.0. The van der Waals surface area contributed by atoms with Crippen LogP contribution in [-0.2, 0) is 37.3 Å². The van der Waals surface area contributed by atoms with Crippen LogP contribution in [0.2, 0.25) is 0 Å². The number of sulfonamides is 1. The molecule has 0 saturated carbocycles. The second-order valence-corrected chi connectivity index (χ2v) is 15.0. The number of aliphatic hydroxyl groups is 2. The SMILES string of the molecule is Cc1ccc(S(=O)(=O)NC(Cc2ccccc2)C(=O)Nc2ccc(C3OC(CN4CCC(O)C4)C(C)C(c4ccc(CO)cc4)O3)cc2)cc1. The van der Waals surface area contributed by atoms with Crippen LogP contribution >= 0.6 is 0 Å². The maximum absolute atomic E-state index is 13.7. The normalized spacial score (nSPS) is 23.4. The molecule has 4 N–H and O–H groups in total. The zero-order valence-corrected chi connectivity index (χ0v) is 29.1. The van der Waals surface area contributed by atoms with E-state index in [1.165, 1.54) is 12.1 Å². The lowest BCUT2D eigenvalue weighted by molar-refractivity contribution is -0.276. The second-order valence-electron chi connectivity index (χ2n) is 13.3. The average molecular weight is 700 g/mol. The van der Waals surface area contributed by atoms with Gasteiger partial charge in [0.2, 0.25) is 15.9 Å². The minimum Gasteiger partial charge on any atom is -0.392 e. The molecule has 10 nitrogen and oxygen atoms in total. The van der Waals surface area contributed by atoms with Crippen molar-refractivity contribution in [1.82, 2.24) is 9.62 Å². The Morgan fingerprint density at radius 2 is 1.58 bits per heavy atom. The third-order valence-electron chi connectivity index (χ3n) is 9.49. The summed E-state index contributed by atoms with van der Waals surface area (Å²) < 4.78 is 42.4. The molecule has 4 aromatic rings. The number of benzene rings is 4. The van der Waals surface area contributed by atoms with Gasteiger partial charge in [0.05, 0.1) is 29.8 Å². The first-order valence-electron chi connectivity index (χ1n) is 17.0. The molecule has 2 saturated heterocycles. The molecule has 6 atom stereocenters. The van der Waals surface area contributed by atoms with Gasteiger partial charge in [0.1, 0.15) is 6.04 Å². The zero-order valence-electron chi connectivity index (χ0n) is 28.3. The summed E-state index contributed by atoms with van der Waals surface area (Å²) in [6.07, 6.45) is -0.591. The molecule has 4 aromatic carbocycles.